The lowest BCUT2D eigenvalue weighted by molar-refractivity contribution is -0.146. The summed E-state index contributed by atoms with van der Waals surface area (Å²) in [5.74, 6) is -1.28. The first-order valence-electron chi connectivity index (χ1n) is 9.81. The van der Waals surface area contributed by atoms with Gasteiger partial charge in [0, 0.05) is 13.1 Å². The summed E-state index contributed by atoms with van der Waals surface area (Å²) in [5.41, 5.74) is 2.01. The standard InChI is InChI=1S/C24H26N2O3/c1-18(21-12-11-20-9-5-6-10-22(20)17-21)25-23(28)24(29)26(15-16-27)14-13-19-7-3-2-4-8-19/h2-12,17-18,27H,13-16H2,1H3,(H,25,28). The normalized spacial score (nSPS) is 11.8. The molecule has 29 heavy (non-hydrogen) atoms. The van der Waals surface area contributed by atoms with Gasteiger partial charge in [-0.25, -0.2) is 0 Å². The van der Waals surface area contributed by atoms with Crippen LogP contribution in [0.4, 0.5) is 0 Å². The van der Waals surface area contributed by atoms with Gasteiger partial charge in [-0.15, -0.1) is 0 Å². The van der Waals surface area contributed by atoms with E-state index < -0.39 is 11.8 Å². The van der Waals surface area contributed by atoms with Crippen LogP contribution in [0, 0.1) is 0 Å². The molecule has 0 radical (unpaired) electrons. The van der Waals surface area contributed by atoms with Crippen LogP contribution in [0.25, 0.3) is 10.8 Å². The van der Waals surface area contributed by atoms with Gasteiger partial charge in [0.25, 0.3) is 0 Å². The molecule has 3 aromatic carbocycles. The molecule has 0 bridgehead atoms. The van der Waals surface area contributed by atoms with E-state index in [0.29, 0.717) is 13.0 Å². The first kappa shape index (κ1) is 20.6. The lowest BCUT2D eigenvalue weighted by Crippen LogP contribution is -2.45. The summed E-state index contributed by atoms with van der Waals surface area (Å²) in [6.07, 6.45) is 0.625. The number of nitrogens with zero attached hydrogens (tertiary/aromatic N) is 1. The average Bonchev–Trinajstić information content (AvgIpc) is 2.76. The Labute approximate surface area is 171 Å². The zero-order chi connectivity index (χ0) is 20.6. The van der Waals surface area contributed by atoms with Gasteiger partial charge in [0.2, 0.25) is 0 Å². The summed E-state index contributed by atoms with van der Waals surface area (Å²) in [6.45, 7) is 2.17. The molecule has 3 aromatic rings. The Balaban J connectivity index is 1.63. The molecule has 0 spiro atoms. The Morgan fingerprint density at radius 1 is 0.931 bits per heavy atom. The highest BCUT2D eigenvalue weighted by molar-refractivity contribution is 6.35. The van der Waals surface area contributed by atoms with E-state index in [4.69, 9.17) is 0 Å². The smallest absolute Gasteiger partial charge is 0.311 e. The maximum atomic E-state index is 12.6. The second-order valence-corrected chi connectivity index (χ2v) is 7.05. The van der Waals surface area contributed by atoms with Gasteiger partial charge in [-0.2, -0.15) is 0 Å². The predicted molar refractivity (Wildman–Crippen MR) is 114 cm³/mol. The summed E-state index contributed by atoms with van der Waals surface area (Å²) in [7, 11) is 0. The minimum absolute atomic E-state index is 0.128. The summed E-state index contributed by atoms with van der Waals surface area (Å²) >= 11 is 0. The molecule has 0 aromatic heterocycles. The topological polar surface area (TPSA) is 69.6 Å². The van der Waals surface area contributed by atoms with Crippen molar-refractivity contribution in [1.29, 1.82) is 0 Å². The third-order valence-corrected chi connectivity index (χ3v) is 4.99. The van der Waals surface area contributed by atoms with Gasteiger partial charge < -0.3 is 15.3 Å². The minimum Gasteiger partial charge on any atom is -0.395 e. The summed E-state index contributed by atoms with van der Waals surface area (Å²) < 4.78 is 0. The number of carbonyl (C=O) groups excluding carboxylic acids is 2. The Kier molecular flexibility index (Phi) is 6.98. The van der Waals surface area contributed by atoms with Gasteiger partial charge in [0.05, 0.1) is 12.6 Å². The molecule has 0 saturated heterocycles. The lowest BCUT2D eigenvalue weighted by Gasteiger charge is -2.22. The molecule has 5 heteroatoms. The molecule has 0 saturated carbocycles. The van der Waals surface area contributed by atoms with Crippen LogP contribution >= 0.6 is 0 Å². The molecule has 5 nitrogen and oxygen atoms in total. The molecule has 1 unspecified atom stereocenters. The summed E-state index contributed by atoms with van der Waals surface area (Å²) in [6, 6.07) is 23.4. The van der Waals surface area contributed by atoms with Crippen LogP contribution in [0.3, 0.4) is 0 Å². The Morgan fingerprint density at radius 2 is 1.62 bits per heavy atom. The molecule has 2 amide bonds. The average molecular weight is 390 g/mol. The fraction of sp³-hybridized carbons (Fsp3) is 0.250. The first-order chi connectivity index (χ1) is 14.1. The van der Waals surface area contributed by atoms with Gasteiger partial charge in [-0.1, -0.05) is 66.7 Å². The van der Waals surface area contributed by atoms with E-state index in [1.165, 1.54) is 4.90 Å². The molecule has 1 atom stereocenters. The Morgan fingerprint density at radius 3 is 2.34 bits per heavy atom. The van der Waals surface area contributed by atoms with Crippen LogP contribution in [-0.2, 0) is 16.0 Å². The van der Waals surface area contributed by atoms with E-state index in [9.17, 15) is 14.7 Å². The maximum absolute atomic E-state index is 12.6. The Hall–Kier alpha value is -3.18. The van der Waals surface area contributed by atoms with Crippen LogP contribution in [0.5, 0.6) is 0 Å². The highest BCUT2D eigenvalue weighted by Gasteiger charge is 2.23. The summed E-state index contributed by atoms with van der Waals surface area (Å²) in [5, 5.41) is 14.3. The fourth-order valence-corrected chi connectivity index (χ4v) is 3.31. The highest BCUT2D eigenvalue weighted by atomic mass is 16.3. The third-order valence-electron chi connectivity index (χ3n) is 4.99. The SMILES string of the molecule is CC(NC(=O)C(=O)N(CCO)CCc1ccccc1)c1ccc2ccccc2c1. The number of rotatable bonds is 7. The predicted octanol–water partition coefficient (Wildman–Crippen LogP) is 3.08. The quantitative estimate of drug-likeness (QED) is 0.609. The third kappa shape index (κ3) is 5.42. The van der Waals surface area contributed by atoms with Crippen LogP contribution in [0.2, 0.25) is 0 Å². The van der Waals surface area contributed by atoms with Crippen LogP contribution < -0.4 is 5.32 Å². The first-order valence-corrected chi connectivity index (χ1v) is 9.81. The van der Waals surface area contributed by atoms with Crippen molar-refractivity contribution in [2.24, 2.45) is 0 Å². The van der Waals surface area contributed by atoms with Crippen molar-refractivity contribution >= 4 is 22.6 Å². The van der Waals surface area contributed by atoms with E-state index in [1.54, 1.807) is 0 Å². The van der Waals surface area contributed by atoms with Crippen molar-refractivity contribution < 1.29 is 14.7 Å². The molecule has 0 fully saturated rings. The largest absolute Gasteiger partial charge is 0.395 e. The van der Waals surface area contributed by atoms with Gasteiger partial charge in [-0.3, -0.25) is 9.59 Å². The molecular formula is C24H26N2O3. The lowest BCUT2D eigenvalue weighted by atomic mass is 10.0. The maximum Gasteiger partial charge on any atom is 0.311 e. The minimum atomic E-state index is -0.660. The van der Waals surface area contributed by atoms with Gasteiger partial charge in [-0.05, 0) is 41.3 Å². The number of hydrogen-bond acceptors (Lipinski definition) is 3. The van der Waals surface area contributed by atoms with Crippen LogP contribution in [0.15, 0.2) is 72.8 Å². The van der Waals surface area contributed by atoms with Gasteiger partial charge >= 0.3 is 11.8 Å². The molecule has 150 valence electrons. The number of carbonyl (C=O) groups is 2. The monoisotopic (exact) mass is 390 g/mol. The van der Waals surface area contributed by atoms with Gasteiger partial charge in [0.1, 0.15) is 0 Å². The second-order valence-electron chi connectivity index (χ2n) is 7.05. The van der Waals surface area contributed by atoms with E-state index >= 15 is 0 Å². The highest BCUT2D eigenvalue weighted by Crippen LogP contribution is 2.20. The number of nitrogens with one attached hydrogen (secondary N) is 1. The summed E-state index contributed by atoms with van der Waals surface area (Å²) in [4.78, 5) is 26.6. The van der Waals surface area contributed by atoms with Crippen molar-refractivity contribution in [3.8, 4) is 0 Å². The number of hydrogen-bond donors (Lipinski definition) is 2. The molecule has 0 aliphatic carbocycles. The number of fused-ring (bicyclic) bond motifs is 1. The zero-order valence-corrected chi connectivity index (χ0v) is 16.5. The van der Waals surface area contributed by atoms with Crippen molar-refractivity contribution in [2.75, 3.05) is 19.7 Å². The van der Waals surface area contributed by atoms with Crippen LogP contribution in [-0.4, -0.2) is 41.5 Å². The van der Waals surface area contributed by atoms with E-state index in [1.807, 2.05) is 79.7 Å². The van der Waals surface area contributed by atoms with E-state index in [0.717, 1.165) is 21.9 Å². The molecule has 0 aliphatic heterocycles. The van der Waals surface area contributed by atoms with E-state index in [-0.39, 0.29) is 19.2 Å². The number of benzene rings is 3. The molecule has 2 N–H and O–H groups in total. The van der Waals surface area contributed by atoms with Crippen LogP contribution in [0.1, 0.15) is 24.1 Å². The fourth-order valence-electron chi connectivity index (χ4n) is 3.31. The van der Waals surface area contributed by atoms with Gasteiger partial charge in [0.15, 0.2) is 0 Å². The van der Waals surface area contributed by atoms with E-state index in [2.05, 4.69) is 5.32 Å². The Bertz CT molecular complexity index is 972. The second kappa shape index (κ2) is 9.85. The number of amides is 2. The van der Waals surface area contributed by atoms with Crippen molar-refractivity contribution in [3.05, 3.63) is 83.9 Å². The molecule has 0 heterocycles. The van der Waals surface area contributed by atoms with Crippen molar-refractivity contribution in [1.82, 2.24) is 10.2 Å². The zero-order valence-electron chi connectivity index (χ0n) is 16.5. The van der Waals surface area contributed by atoms with Crippen molar-refractivity contribution in [3.63, 3.8) is 0 Å². The number of aliphatic hydroxyl groups is 1. The molecule has 3 rings (SSSR count). The molecule has 0 aliphatic rings. The number of aliphatic hydroxyl groups excluding tert-OH is 1. The van der Waals surface area contributed by atoms with Crippen molar-refractivity contribution in [2.45, 2.75) is 19.4 Å². The molecular weight excluding hydrogens is 364 g/mol.